The lowest BCUT2D eigenvalue weighted by molar-refractivity contribution is 0.113. The number of benzene rings is 1. The smallest absolute Gasteiger partial charge is 0.412 e. The highest BCUT2D eigenvalue weighted by atomic mass is 35.5. The molecule has 3 amide bonds. The normalized spacial score (nSPS) is 11.5. The minimum atomic E-state index is -0.715. The van der Waals surface area contributed by atoms with E-state index >= 15 is 0 Å². The summed E-state index contributed by atoms with van der Waals surface area (Å²) >= 11 is 11.7. The Bertz CT molecular complexity index is 886. The molecular formula is C20H24Cl2FN5O3. The predicted molar refractivity (Wildman–Crippen MR) is 118 cm³/mol. The zero-order chi connectivity index (χ0) is 22.8. The van der Waals surface area contributed by atoms with E-state index in [1.165, 1.54) is 29.3 Å². The Balaban J connectivity index is 1.91. The number of halogens is 3. The zero-order valence-electron chi connectivity index (χ0n) is 16.9. The molecule has 0 aliphatic heterocycles. The van der Waals surface area contributed by atoms with Crippen LogP contribution in [0.4, 0.5) is 19.8 Å². The Kier molecular flexibility index (Phi) is 9.77. The fourth-order valence-corrected chi connectivity index (χ4v) is 2.96. The molecule has 2 rings (SSSR count). The van der Waals surface area contributed by atoms with Crippen LogP contribution >= 0.6 is 23.2 Å². The summed E-state index contributed by atoms with van der Waals surface area (Å²) in [6.07, 6.45) is 1.83. The van der Waals surface area contributed by atoms with Gasteiger partial charge in [0, 0.05) is 19.8 Å². The van der Waals surface area contributed by atoms with Crippen molar-refractivity contribution in [3.8, 4) is 0 Å². The highest BCUT2D eigenvalue weighted by Crippen LogP contribution is 2.19. The number of likely N-dealkylation sites (N-methyl/N-ethyl adjacent to an activating group) is 1. The lowest BCUT2D eigenvalue weighted by Crippen LogP contribution is -2.46. The van der Waals surface area contributed by atoms with E-state index in [-0.39, 0.29) is 24.0 Å². The van der Waals surface area contributed by atoms with Gasteiger partial charge in [0.25, 0.3) is 0 Å². The first-order valence-electron chi connectivity index (χ1n) is 9.50. The van der Waals surface area contributed by atoms with Gasteiger partial charge in [0.1, 0.15) is 18.2 Å². The molecule has 4 N–H and O–H groups in total. The molecule has 31 heavy (non-hydrogen) atoms. The fraction of sp³-hybridized carbons (Fsp3) is 0.350. The van der Waals surface area contributed by atoms with Crippen LogP contribution in [-0.4, -0.2) is 48.2 Å². The molecule has 2 aromatic rings. The van der Waals surface area contributed by atoms with Gasteiger partial charge in [-0.05, 0) is 43.1 Å². The van der Waals surface area contributed by atoms with Gasteiger partial charge in [0.15, 0.2) is 0 Å². The van der Waals surface area contributed by atoms with E-state index in [0.29, 0.717) is 30.0 Å². The van der Waals surface area contributed by atoms with Crippen LogP contribution in [0.25, 0.3) is 0 Å². The van der Waals surface area contributed by atoms with Gasteiger partial charge >= 0.3 is 12.1 Å². The van der Waals surface area contributed by atoms with Crippen LogP contribution in [0, 0.1) is 5.82 Å². The van der Waals surface area contributed by atoms with E-state index < -0.39 is 24.0 Å². The minimum absolute atomic E-state index is 0.0408. The SMILES string of the molecule is CN(C(=O)NCc1cccc(F)c1Cl)C(CCCN)COC(=O)Nc1ccc(Cl)cn1. The molecule has 0 aliphatic carbocycles. The molecule has 1 unspecified atom stereocenters. The standard InChI is InChI=1S/C20H24Cl2FN5O3/c1-28(19(29)26-10-13-4-2-6-16(23)18(13)22)15(5-3-9-24)12-31-20(30)27-17-8-7-14(21)11-25-17/h2,4,6-8,11,15H,3,5,9-10,12,24H2,1H3,(H,26,29)(H,25,27,30). The van der Waals surface area contributed by atoms with Crippen molar-refractivity contribution in [3.05, 3.63) is 58.0 Å². The number of anilines is 1. The first kappa shape index (κ1) is 24.6. The highest BCUT2D eigenvalue weighted by molar-refractivity contribution is 6.31. The lowest BCUT2D eigenvalue weighted by atomic mass is 10.1. The topological polar surface area (TPSA) is 110 Å². The number of nitrogens with one attached hydrogen (secondary N) is 2. The number of carbonyl (C=O) groups excluding carboxylic acids is 2. The maximum Gasteiger partial charge on any atom is 0.412 e. The van der Waals surface area contributed by atoms with Crippen molar-refractivity contribution < 1.29 is 18.7 Å². The molecule has 11 heteroatoms. The monoisotopic (exact) mass is 471 g/mol. The van der Waals surface area contributed by atoms with Crippen LogP contribution in [0.3, 0.4) is 0 Å². The van der Waals surface area contributed by atoms with Crippen LogP contribution in [-0.2, 0) is 11.3 Å². The number of nitrogens with zero attached hydrogens (tertiary/aromatic N) is 2. The number of urea groups is 1. The van der Waals surface area contributed by atoms with Gasteiger partial charge in [-0.2, -0.15) is 0 Å². The predicted octanol–water partition coefficient (Wildman–Crippen LogP) is 4.03. The average molecular weight is 472 g/mol. The highest BCUT2D eigenvalue weighted by Gasteiger charge is 2.22. The van der Waals surface area contributed by atoms with Crippen molar-refractivity contribution in [3.63, 3.8) is 0 Å². The van der Waals surface area contributed by atoms with E-state index in [4.69, 9.17) is 33.7 Å². The summed E-state index contributed by atoms with van der Waals surface area (Å²) in [4.78, 5) is 30.0. The molecule has 0 aliphatic rings. The van der Waals surface area contributed by atoms with Gasteiger partial charge < -0.3 is 20.7 Å². The number of nitrogens with two attached hydrogens (primary N) is 1. The summed E-state index contributed by atoms with van der Waals surface area (Å²) in [5.41, 5.74) is 6.03. The molecule has 8 nitrogen and oxygen atoms in total. The first-order chi connectivity index (χ1) is 14.8. The second-order valence-electron chi connectivity index (χ2n) is 6.65. The summed E-state index contributed by atoms with van der Waals surface area (Å²) in [5.74, 6) is -0.275. The third kappa shape index (κ3) is 7.86. The molecular weight excluding hydrogens is 448 g/mol. The van der Waals surface area contributed by atoms with Gasteiger partial charge in [-0.25, -0.2) is 19.0 Å². The molecule has 168 valence electrons. The maximum absolute atomic E-state index is 13.5. The van der Waals surface area contributed by atoms with Gasteiger partial charge in [-0.1, -0.05) is 35.3 Å². The zero-order valence-corrected chi connectivity index (χ0v) is 18.4. The van der Waals surface area contributed by atoms with Crippen molar-refractivity contribution in [1.82, 2.24) is 15.2 Å². The van der Waals surface area contributed by atoms with Gasteiger partial charge in [0.05, 0.1) is 16.1 Å². The number of carbonyl (C=O) groups is 2. The Labute approximate surface area is 189 Å². The summed E-state index contributed by atoms with van der Waals surface area (Å²) in [5, 5.41) is 5.56. The molecule has 0 spiro atoms. The van der Waals surface area contributed by atoms with E-state index in [0.717, 1.165) is 0 Å². The molecule has 1 aromatic carbocycles. The average Bonchev–Trinajstić information content (AvgIpc) is 2.75. The van der Waals surface area contributed by atoms with Gasteiger partial charge in [0.2, 0.25) is 0 Å². The Morgan fingerprint density at radius 3 is 2.74 bits per heavy atom. The second-order valence-corrected chi connectivity index (χ2v) is 7.47. The number of amides is 3. The number of hydrogen-bond donors (Lipinski definition) is 3. The fourth-order valence-electron chi connectivity index (χ4n) is 2.65. The van der Waals surface area contributed by atoms with E-state index in [9.17, 15) is 14.0 Å². The molecule has 1 heterocycles. The summed E-state index contributed by atoms with van der Waals surface area (Å²) < 4.78 is 18.8. The molecule has 0 radical (unpaired) electrons. The van der Waals surface area contributed by atoms with E-state index in [1.807, 2.05) is 0 Å². The quantitative estimate of drug-likeness (QED) is 0.511. The van der Waals surface area contributed by atoms with Crippen molar-refractivity contribution in [2.45, 2.75) is 25.4 Å². The lowest BCUT2D eigenvalue weighted by Gasteiger charge is -2.28. The molecule has 0 saturated heterocycles. The largest absolute Gasteiger partial charge is 0.447 e. The first-order valence-corrected chi connectivity index (χ1v) is 10.3. The number of hydrogen-bond acceptors (Lipinski definition) is 5. The van der Waals surface area contributed by atoms with Crippen LogP contribution in [0.2, 0.25) is 10.0 Å². The number of aromatic nitrogens is 1. The maximum atomic E-state index is 13.5. The van der Waals surface area contributed by atoms with Crippen molar-refractivity contribution in [2.75, 3.05) is 25.5 Å². The minimum Gasteiger partial charge on any atom is -0.447 e. The Morgan fingerprint density at radius 2 is 2.06 bits per heavy atom. The number of ether oxygens (including phenoxy) is 1. The number of pyridine rings is 1. The Hall–Kier alpha value is -2.62. The molecule has 0 saturated carbocycles. The van der Waals surface area contributed by atoms with Crippen molar-refractivity contribution in [1.29, 1.82) is 0 Å². The molecule has 1 atom stereocenters. The molecule has 0 fully saturated rings. The number of rotatable bonds is 9. The van der Waals surface area contributed by atoms with Crippen LogP contribution in [0.15, 0.2) is 36.5 Å². The summed E-state index contributed by atoms with van der Waals surface area (Å²) in [6, 6.07) is 6.64. The summed E-state index contributed by atoms with van der Waals surface area (Å²) in [7, 11) is 1.58. The molecule has 0 bridgehead atoms. The van der Waals surface area contributed by atoms with Crippen molar-refractivity contribution in [2.24, 2.45) is 5.73 Å². The van der Waals surface area contributed by atoms with Crippen molar-refractivity contribution >= 4 is 41.1 Å². The van der Waals surface area contributed by atoms with Crippen LogP contribution in [0.1, 0.15) is 18.4 Å². The third-order valence-electron chi connectivity index (χ3n) is 4.44. The van der Waals surface area contributed by atoms with Crippen LogP contribution in [0.5, 0.6) is 0 Å². The summed E-state index contributed by atoms with van der Waals surface area (Å²) in [6.45, 7) is 0.419. The second kappa shape index (κ2) is 12.3. The molecule has 1 aromatic heterocycles. The Morgan fingerprint density at radius 1 is 1.29 bits per heavy atom. The van der Waals surface area contributed by atoms with E-state index in [2.05, 4.69) is 15.6 Å². The van der Waals surface area contributed by atoms with Gasteiger partial charge in [-0.3, -0.25) is 5.32 Å². The van der Waals surface area contributed by atoms with E-state index in [1.54, 1.807) is 19.2 Å². The van der Waals surface area contributed by atoms with Gasteiger partial charge in [-0.15, -0.1) is 0 Å². The van der Waals surface area contributed by atoms with Crippen LogP contribution < -0.4 is 16.4 Å². The third-order valence-corrected chi connectivity index (χ3v) is 5.08.